The van der Waals surface area contributed by atoms with E-state index in [0.29, 0.717) is 46.8 Å². The molecule has 11 nitrogen and oxygen atoms in total. The van der Waals surface area contributed by atoms with Crippen LogP contribution in [0.15, 0.2) is 59.1 Å². The molecule has 2 aromatic carbocycles. The van der Waals surface area contributed by atoms with Crippen LogP contribution in [0.4, 0.5) is 0 Å². The molecular formula is C25H24BrN5O6S2. The second kappa shape index (κ2) is 11.8. The number of halogens is 1. The van der Waals surface area contributed by atoms with E-state index in [1.54, 1.807) is 0 Å². The number of hydrogen-bond acceptors (Lipinski definition) is 9. The first-order valence-corrected chi connectivity index (χ1v) is 15.2. The molecule has 204 valence electrons. The van der Waals surface area contributed by atoms with E-state index in [1.807, 2.05) is 54.6 Å². The molecule has 5 rings (SSSR count). The Morgan fingerprint density at radius 3 is 2.59 bits per heavy atom. The molecule has 1 saturated heterocycles. The molecule has 2 N–H and O–H groups in total. The maximum atomic E-state index is 12.9. The molecule has 39 heavy (non-hydrogen) atoms. The largest absolute Gasteiger partial charge is 0.490 e. The average Bonchev–Trinajstić information content (AvgIpc) is 3.56. The van der Waals surface area contributed by atoms with Crippen molar-refractivity contribution in [2.45, 2.75) is 24.7 Å². The van der Waals surface area contributed by atoms with Gasteiger partial charge in [-0.15, -0.1) is 21.5 Å². The summed E-state index contributed by atoms with van der Waals surface area (Å²) in [5.41, 5.74) is 1.59. The number of aromatic nitrogens is 4. The number of aromatic amines is 1. The molecule has 1 fully saturated rings. The van der Waals surface area contributed by atoms with Crippen LogP contribution < -0.4 is 9.47 Å². The van der Waals surface area contributed by atoms with Crippen LogP contribution in [-0.4, -0.2) is 70.2 Å². The Kier molecular flexibility index (Phi) is 8.26. The van der Waals surface area contributed by atoms with Crippen molar-refractivity contribution in [3.8, 4) is 32.6 Å². The Morgan fingerprint density at radius 1 is 1.13 bits per heavy atom. The standard InChI is InChI=1S/C25H24BrN5O6S2/c26-21-22(36-14-20(32)33)24(25-27-29-30-28-25)38-23(21)17-7-4-8-19(13-17)37-18-9-11-31(12-10-18)39(34,35)15-16-5-2-1-3-6-16/h1-8,13,18H,9-12,14-15H2,(H,32,33)(H,27,28,29,30). The van der Waals surface area contributed by atoms with Crippen molar-refractivity contribution in [1.82, 2.24) is 24.9 Å². The predicted octanol–water partition coefficient (Wildman–Crippen LogP) is 4.19. The summed E-state index contributed by atoms with van der Waals surface area (Å²) in [5.74, 6) is 0.125. The van der Waals surface area contributed by atoms with E-state index >= 15 is 0 Å². The number of carboxylic acids is 1. The van der Waals surface area contributed by atoms with Gasteiger partial charge in [0.25, 0.3) is 0 Å². The van der Waals surface area contributed by atoms with Gasteiger partial charge >= 0.3 is 5.97 Å². The van der Waals surface area contributed by atoms with E-state index in [1.165, 1.54) is 15.6 Å². The normalized spacial score (nSPS) is 14.8. The summed E-state index contributed by atoms with van der Waals surface area (Å²) in [5, 5.41) is 23.1. The summed E-state index contributed by atoms with van der Waals surface area (Å²) in [6.07, 6.45) is 1.03. The highest BCUT2D eigenvalue weighted by Gasteiger charge is 2.29. The molecule has 0 saturated carbocycles. The first-order chi connectivity index (χ1) is 18.8. The molecule has 14 heteroatoms. The molecule has 2 aromatic heterocycles. The van der Waals surface area contributed by atoms with Gasteiger partial charge in [0, 0.05) is 13.1 Å². The van der Waals surface area contributed by atoms with E-state index in [9.17, 15) is 13.2 Å². The molecular weight excluding hydrogens is 610 g/mol. The summed E-state index contributed by atoms with van der Waals surface area (Å²) >= 11 is 4.88. The molecule has 0 aliphatic carbocycles. The molecule has 0 atom stereocenters. The Morgan fingerprint density at radius 2 is 1.90 bits per heavy atom. The molecule has 0 amide bonds. The third-order valence-corrected chi connectivity index (χ3v) is 10.2. The van der Waals surface area contributed by atoms with Crippen molar-refractivity contribution >= 4 is 43.3 Å². The molecule has 0 bridgehead atoms. The topological polar surface area (TPSA) is 148 Å². The van der Waals surface area contributed by atoms with E-state index in [2.05, 4.69) is 36.6 Å². The van der Waals surface area contributed by atoms with Crippen LogP contribution in [-0.2, 0) is 20.6 Å². The van der Waals surface area contributed by atoms with Gasteiger partial charge in [-0.25, -0.2) is 17.5 Å². The number of carbonyl (C=O) groups is 1. The van der Waals surface area contributed by atoms with Crippen LogP contribution >= 0.6 is 27.3 Å². The number of tetrazole rings is 1. The third-order valence-electron chi connectivity index (χ3n) is 6.08. The van der Waals surface area contributed by atoms with Crippen molar-refractivity contribution in [3.63, 3.8) is 0 Å². The number of nitrogens with one attached hydrogen (secondary N) is 1. The van der Waals surface area contributed by atoms with Crippen molar-refractivity contribution in [3.05, 3.63) is 64.6 Å². The van der Waals surface area contributed by atoms with Crippen molar-refractivity contribution in [2.75, 3.05) is 19.7 Å². The SMILES string of the molecule is O=C(O)COc1c(-c2nn[nH]n2)sc(-c2cccc(OC3CCN(S(=O)(=O)Cc4ccccc4)CC3)c2)c1Br. The zero-order valence-electron chi connectivity index (χ0n) is 20.5. The average molecular weight is 635 g/mol. The van der Waals surface area contributed by atoms with E-state index in [4.69, 9.17) is 14.6 Å². The van der Waals surface area contributed by atoms with Crippen molar-refractivity contribution < 1.29 is 27.8 Å². The number of thiophene rings is 1. The van der Waals surface area contributed by atoms with Gasteiger partial charge in [-0.1, -0.05) is 42.5 Å². The number of aliphatic carboxylic acids is 1. The van der Waals surface area contributed by atoms with Crippen molar-refractivity contribution in [2.24, 2.45) is 0 Å². The highest BCUT2D eigenvalue weighted by atomic mass is 79.9. The number of hydrogen-bond donors (Lipinski definition) is 2. The molecule has 0 radical (unpaired) electrons. The number of piperidine rings is 1. The second-order valence-electron chi connectivity index (χ2n) is 8.81. The van der Waals surface area contributed by atoms with Gasteiger partial charge in [-0.3, -0.25) is 0 Å². The van der Waals surface area contributed by atoms with Crippen LogP contribution in [0.3, 0.4) is 0 Å². The fraction of sp³-hybridized carbons (Fsp3) is 0.280. The summed E-state index contributed by atoms with van der Waals surface area (Å²) in [7, 11) is -3.40. The zero-order valence-corrected chi connectivity index (χ0v) is 23.7. The molecule has 3 heterocycles. The molecule has 1 aliphatic rings. The zero-order chi connectivity index (χ0) is 27.4. The second-order valence-corrected chi connectivity index (χ2v) is 12.6. The Bertz CT molecular complexity index is 1540. The Balaban J connectivity index is 1.28. The number of ether oxygens (including phenoxy) is 2. The first-order valence-electron chi connectivity index (χ1n) is 12.0. The summed E-state index contributed by atoms with van der Waals surface area (Å²) in [4.78, 5) is 12.4. The van der Waals surface area contributed by atoms with Gasteiger partial charge in [-0.05, 0) is 57.2 Å². The highest BCUT2D eigenvalue weighted by molar-refractivity contribution is 9.10. The van der Waals surface area contributed by atoms with E-state index in [-0.39, 0.29) is 17.7 Å². The summed E-state index contributed by atoms with van der Waals surface area (Å²) in [6, 6.07) is 16.7. The van der Waals surface area contributed by atoms with Gasteiger partial charge in [-0.2, -0.15) is 5.21 Å². The van der Waals surface area contributed by atoms with Crippen LogP contribution in [0.5, 0.6) is 11.5 Å². The molecule has 1 aliphatic heterocycles. The molecule has 0 spiro atoms. The Hall–Kier alpha value is -3.33. The number of rotatable bonds is 10. The van der Waals surface area contributed by atoms with Crippen molar-refractivity contribution in [1.29, 1.82) is 0 Å². The number of nitrogens with zero attached hydrogens (tertiary/aromatic N) is 4. The lowest BCUT2D eigenvalue weighted by atomic mass is 10.1. The monoisotopic (exact) mass is 633 g/mol. The number of carboxylic acid groups (broad SMARTS) is 1. The van der Waals surface area contributed by atoms with Crippen LogP contribution in [0, 0.1) is 0 Å². The van der Waals surface area contributed by atoms with E-state index < -0.39 is 22.6 Å². The highest BCUT2D eigenvalue weighted by Crippen LogP contribution is 2.49. The fourth-order valence-electron chi connectivity index (χ4n) is 4.26. The lowest BCUT2D eigenvalue weighted by Crippen LogP contribution is -2.42. The fourth-order valence-corrected chi connectivity index (χ4v) is 7.80. The minimum atomic E-state index is -3.40. The minimum absolute atomic E-state index is 0.0128. The first kappa shape index (κ1) is 27.2. The van der Waals surface area contributed by atoms with Crippen LogP contribution in [0.2, 0.25) is 0 Å². The summed E-state index contributed by atoms with van der Waals surface area (Å²) in [6.45, 7) is 0.269. The van der Waals surface area contributed by atoms with Gasteiger partial charge in [0.2, 0.25) is 15.8 Å². The van der Waals surface area contributed by atoms with Gasteiger partial charge < -0.3 is 14.6 Å². The number of sulfonamides is 1. The maximum absolute atomic E-state index is 12.9. The Labute approximate surface area is 237 Å². The quantitative estimate of drug-likeness (QED) is 0.262. The molecule has 4 aromatic rings. The third kappa shape index (κ3) is 6.46. The van der Waals surface area contributed by atoms with Gasteiger partial charge in [0.15, 0.2) is 12.4 Å². The summed E-state index contributed by atoms with van der Waals surface area (Å²) < 4.78 is 39.6. The van der Waals surface area contributed by atoms with Gasteiger partial charge in [0.1, 0.15) is 16.7 Å². The predicted molar refractivity (Wildman–Crippen MR) is 148 cm³/mol. The van der Waals surface area contributed by atoms with Crippen LogP contribution in [0.25, 0.3) is 21.1 Å². The number of H-pyrrole nitrogens is 1. The molecule has 0 unspecified atom stereocenters. The number of benzene rings is 2. The maximum Gasteiger partial charge on any atom is 0.341 e. The lowest BCUT2D eigenvalue weighted by molar-refractivity contribution is -0.139. The van der Waals surface area contributed by atoms with E-state index in [0.717, 1.165) is 16.0 Å². The lowest BCUT2D eigenvalue weighted by Gasteiger charge is -2.31. The van der Waals surface area contributed by atoms with Crippen LogP contribution in [0.1, 0.15) is 18.4 Å². The minimum Gasteiger partial charge on any atom is -0.490 e. The van der Waals surface area contributed by atoms with Gasteiger partial charge in [0.05, 0.1) is 15.1 Å². The smallest absolute Gasteiger partial charge is 0.341 e.